The maximum atomic E-state index is 10.1. The minimum absolute atomic E-state index is 0.0124. The number of hydrogen-bond acceptors (Lipinski definition) is 4. The Bertz CT molecular complexity index is 3620. The van der Waals surface area contributed by atoms with E-state index in [4.69, 9.17) is 0 Å². The molecule has 0 bridgehead atoms. The van der Waals surface area contributed by atoms with Gasteiger partial charge < -0.3 is 14.7 Å². The van der Waals surface area contributed by atoms with E-state index in [1.807, 2.05) is 32.1 Å². The van der Waals surface area contributed by atoms with E-state index in [2.05, 4.69) is 228 Å². The summed E-state index contributed by atoms with van der Waals surface area (Å²) in [7, 11) is 0. The Hall–Kier alpha value is -6.04. The molecule has 8 aromatic rings. The third-order valence-electron chi connectivity index (χ3n) is 15.4. The zero-order chi connectivity index (χ0) is 56.0. The third-order valence-corrected chi connectivity index (χ3v) is 16.6. The average molecular weight is 984 g/mol. The van der Waals surface area contributed by atoms with Crippen molar-refractivity contribution in [1.29, 1.82) is 0 Å². The molecule has 374 valence electrons. The highest BCUT2D eigenvalue weighted by atomic mass is 32.1. The van der Waals surface area contributed by atoms with Gasteiger partial charge >= 0.3 is 0 Å². The second kappa shape index (κ2) is 17.5. The van der Waals surface area contributed by atoms with Gasteiger partial charge in [0.05, 0.1) is 16.9 Å². The van der Waals surface area contributed by atoms with E-state index in [-0.39, 0.29) is 58.2 Å². The van der Waals surface area contributed by atoms with Gasteiger partial charge in [-0.3, -0.25) is 0 Å². The monoisotopic (exact) mass is 984 g/mol. The van der Waals surface area contributed by atoms with Crippen molar-refractivity contribution in [1.82, 2.24) is 0 Å². The van der Waals surface area contributed by atoms with Crippen molar-refractivity contribution in [3.8, 4) is 0 Å². The summed E-state index contributed by atoms with van der Waals surface area (Å²) in [5, 5.41) is 1.22. The summed E-state index contributed by atoms with van der Waals surface area (Å²) in [6, 6.07) is 41.2. The molecule has 2 aliphatic rings. The van der Waals surface area contributed by atoms with Gasteiger partial charge in [-0.1, -0.05) is 171 Å². The summed E-state index contributed by atoms with van der Waals surface area (Å²) in [6.45, 7) is 39.6. The van der Waals surface area contributed by atoms with Crippen LogP contribution < -0.4 is 30.4 Å². The maximum absolute atomic E-state index is 10.1. The molecule has 10 rings (SSSR count). The summed E-state index contributed by atoms with van der Waals surface area (Å²) in [5.74, 6) is 0. The lowest BCUT2D eigenvalue weighted by Crippen LogP contribution is -2.60. The zero-order valence-corrected chi connectivity index (χ0v) is 47.7. The largest absolute Gasteiger partial charge is 0.311 e. The second-order valence-corrected chi connectivity index (χ2v) is 27.2. The van der Waals surface area contributed by atoms with Crippen molar-refractivity contribution in [2.75, 3.05) is 14.7 Å². The molecular formula is C68H78BN3S. The molecular weight excluding hydrogens is 902 g/mol. The number of nitrogens with zero attached hydrogens (tertiary/aromatic N) is 3. The van der Waals surface area contributed by atoms with E-state index < -0.39 is 5.41 Å². The Morgan fingerprint density at radius 2 is 1.00 bits per heavy atom. The molecule has 0 fully saturated rings. The van der Waals surface area contributed by atoms with Gasteiger partial charge in [0.15, 0.2) is 0 Å². The van der Waals surface area contributed by atoms with Crippen molar-refractivity contribution >= 4 is 95.0 Å². The second-order valence-electron chi connectivity index (χ2n) is 26.1. The first kappa shape index (κ1) is 45.6. The molecule has 0 atom stereocenters. The van der Waals surface area contributed by atoms with E-state index in [0.29, 0.717) is 5.56 Å². The van der Waals surface area contributed by atoms with Crippen LogP contribution in [0.1, 0.15) is 161 Å². The zero-order valence-electron chi connectivity index (χ0n) is 50.9. The first-order chi connectivity index (χ1) is 35.8. The number of hydrogen-bond donors (Lipinski definition) is 0. The van der Waals surface area contributed by atoms with Crippen LogP contribution in [0.25, 0.3) is 10.1 Å². The Morgan fingerprint density at radius 3 is 1.53 bits per heavy atom. The number of fused-ring (bicyclic) bond motifs is 6. The Kier molecular flexibility index (Phi) is 11.0. The SMILES string of the molecule is [2H]c1c([2H])c(C(C)(C)C)c([2H])c([2H])c1N1c2cc(N(c3ccc(C(C)(C)C)cc3)c3c(C)cc(C(C)(C)C)cc3C)ccc2B2c3sc4ccc(C(C)(C)C)cc4c3N(c3ccc(C(C)(C)C)cc3)c3cc(CC)cc1c32. The molecule has 0 saturated carbocycles. The van der Waals surface area contributed by atoms with Crippen LogP contribution in [0.3, 0.4) is 0 Å². The molecule has 0 saturated heterocycles. The van der Waals surface area contributed by atoms with Crippen LogP contribution in [0.5, 0.6) is 0 Å². The van der Waals surface area contributed by atoms with E-state index >= 15 is 0 Å². The van der Waals surface area contributed by atoms with Gasteiger partial charge in [-0.05, 0) is 176 Å². The molecule has 1 aromatic heterocycles. The molecule has 0 spiro atoms. The Morgan fingerprint density at radius 1 is 0.493 bits per heavy atom. The topological polar surface area (TPSA) is 9.72 Å². The summed E-state index contributed by atoms with van der Waals surface area (Å²) >= 11 is 1.86. The molecule has 7 aromatic carbocycles. The molecule has 0 aliphatic carbocycles. The van der Waals surface area contributed by atoms with Gasteiger partial charge in [-0.15, -0.1) is 11.3 Å². The molecule has 0 N–H and O–H groups in total. The smallest absolute Gasteiger partial charge is 0.264 e. The number of rotatable bonds is 6. The lowest BCUT2D eigenvalue weighted by atomic mass is 9.36. The number of benzene rings is 7. The van der Waals surface area contributed by atoms with Crippen molar-refractivity contribution < 1.29 is 5.48 Å². The molecule has 2 aliphatic heterocycles. The number of aryl methyl sites for hydroxylation is 3. The van der Waals surface area contributed by atoms with Crippen molar-refractivity contribution in [2.24, 2.45) is 0 Å². The molecule has 5 heteroatoms. The molecule has 0 amide bonds. The molecule has 0 unspecified atom stereocenters. The quantitative estimate of drug-likeness (QED) is 0.154. The maximum Gasteiger partial charge on any atom is 0.264 e. The van der Waals surface area contributed by atoms with Crippen LogP contribution in [-0.2, 0) is 33.5 Å². The normalized spacial score (nSPS) is 14.6. The van der Waals surface area contributed by atoms with E-state index in [1.54, 1.807) is 0 Å². The predicted octanol–water partition coefficient (Wildman–Crippen LogP) is 18.1. The fourth-order valence-electron chi connectivity index (χ4n) is 11.0. The third kappa shape index (κ3) is 8.92. The van der Waals surface area contributed by atoms with E-state index in [9.17, 15) is 5.48 Å². The lowest BCUT2D eigenvalue weighted by molar-refractivity contribution is 0.589. The van der Waals surface area contributed by atoms with Crippen LogP contribution in [-0.4, -0.2) is 6.71 Å². The van der Waals surface area contributed by atoms with Crippen LogP contribution in [0.2, 0.25) is 0 Å². The van der Waals surface area contributed by atoms with Crippen LogP contribution >= 0.6 is 11.3 Å². The predicted molar refractivity (Wildman–Crippen MR) is 323 cm³/mol. The highest BCUT2D eigenvalue weighted by Gasteiger charge is 2.46. The Balaban J connectivity index is 1.35. The molecule has 0 radical (unpaired) electrons. The molecule has 73 heavy (non-hydrogen) atoms. The van der Waals surface area contributed by atoms with Crippen molar-refractivity contribution in [3.05, 3.63) is 178 Å². The van der Waals surface area contributed by atoms with Crippen molar-refractivity contribution in [3.63, 3.8) is 0 Å². The number of thiophene rings is 1. The van der Waals surface area contributed by atoms with Crippen molar-refractivity contribution in [2.45, 2.75) is 158 Å². The van der Waals surface area contributed by atoms with Gasteiger partial charge in [0.1, 0.15) is 0 Å². The van der Waals surface area contributed by atoms with Gasteiger partial charge in [0.2, 0.25) is 0 Å². The van der Waals surface area contributed by atoms with E-state index in [0.717, 1.165) is 73.8 Å². The van der Waals surface area contributed by atoms with E-state index in [1.165, 1.54) is 42.8 Å². The first-order valence-corrected chi connectivity index (χ1v) is 27.3. The van der Waals surface area contributed by atoms with Crippen LogP contribution in [0.4, 0.5) is 51.2 Å². The summed E-state index contributed by atoms with van der Waals surface area (Å²) in [4.78, 5) is 7.00. The highest BCUT2D eigenvalue weighted by molar-refractivity contribution is 7.33. The Labute approximate surface area is 449 Å². The lowest BCUT2D eigenvalue weighted by Gasteiger charge is -2.44. The van der Waals surface area contributed by atoms with Gasteiger partial charge in [0.25, 0.3) is 6.71 Å². The summed E-state index contributed by atoms with van der Waals surface area (Å²) < 4.78 is 42.1. The minimum atomic E-state index is -0.633. The fourth-order valence-corrected chi connectivity index (χ4v) is 12.3. The van der Waals surface area contributed by atoms with Crippen LogP contribution in [0.15, 0.2) is 133 Å². The minimum Gasteiger partial charge on any atom is -0.311 e. The van der Waals surface area contributed by atoms with Gasteiger partial charge in [-0.2, -0.15) is 0 Å². The summed E-state index contributed by atoms with van der Waals surface area (Å²) in [6.07, 6.45) is 0.743. The molecule has 3 heterocycles. The standard InChI is InChI=1S/C68H78BN3S/c1-19-44-38-57-60-58(39-44)72(52-31-24-47(25-32-52)66(10,11)12)62-54-40-48(67(13,14)15)26-35-59(54)73-63(62)69(60)55-34-33-53(41-56(55)71(57)51-29-22-46(23-30-51)65(7,8)9)70(50-27-20-45(21-28-50)64(4,5)6)61-42(2)36-49(37-43(61)3)68(16,17)18/h20-41H,19H2,1-18H3/i22D,23D,29D,30D. The fraction of sp³-hybridized carbons (Fsp3) is 0.353. The number of anilines is 9. The average Bonchev–Trinajstić information content (AvgIpc) is 3.73. The van der Waals surface area contributed by atoms with Crippen LogP contribution in [0, 0.1) is 13.8 Å². The summed E-state index contributed by atoms with van der Waals surface area (Å²) in [5.41, 5.74) is 18.6. The first-order valence-electron chi connectivity index (χ1n) is 28.5. The van der Waals surface area contributed by atoms with Gasteiger partial charge in [-0.25, -0.2) is 0 Å². The molecule has 3 nitrogen and oxygen atoms in total. The highest BCUT2D eigenvalue weighted by Crippen LogP contribution is 2.51. The van der Waals surface area contributed by atoms with Gasteiger partial charge in [0, 0.05) is 54.7 Å².